The van der Waals surface area contributed by atoms with Crippen LogP contribution in [0.5, 0.6) is 0 Å². The first-order valence-corrected chi connectivity index (χ1v) is 12.7. The third kappa shape index (κ3) is 3.59. The third-order valence-corrected chi connectivity index (χ3v) is 10.7. The highest BCUT2D eigenvalue weighted by Crippen LogP contribution is 2.66. The number of ether oxygens (including phenoxy) is 1. The fraction of sp³-hybridized carbons (Fsp3) is 0.759. The van der Waals surface area contributed by atoms with E-state index in [1.807, 2.05) is 26.8 Å². The summed E-state index contributed by atoms with van der Waals surface area (Å²) in [5.41, 5.74) is 1.72. The summed E-state index contributed by atoms with van der Waals surface area (Å²) in [6, 6.07) is 0. The van der Waals surface area contributed by atoms with Gasteiger partial charge >= 0.3 is 0 Å². The van der Waals surface area contributed by atoms with Crippen molar-refractivity contribution in [1.29, 1.82) is 0 Å². The van der Waals surface area contributed by atoms with Crippen LogP contribution in [0, 0.1) is 34.5 Å². The first kappa shape index (κ1) is 24.0. The molecule has 0 bridgehead atoms. The van der Waals surface area contributed by atoms with E-state index in [9.17, 15) is 9.90 Å². The van der Waals surface area contributed by atoms with Gasteiger partial charge in [0, 0.05) is 13.5 Å². The Kier molecular flexibility index (Phi) is 5.95. The van der Waals surface area contributed by atoms with E-state index in [0.29, 0.717) is 47.7 Å². The van der Waals surface area contributed by atoms with Crippen LogP contribution >= 0.6 is 0 Å². The van der Waals surface area contributed by atoms with E-state index in [-0.39, 0.29) is 5.41 Å². The lowest BCUT2D eigenvalue weighted by Gasteiger charge is -2.56. The molecule has 1 N–H and O–H groups in total. The standard InChI is InChI=1S/C29H44O3/c1-19(12-17-29(6,31)26(2,3)32-7)23-10-11-24-22-9-8-20-18-21(30)13-15-27(20,4)25(22)14-16-28(23,24)5/h8-9,12,18,22-25,31H,10-11,13-17H2,1-7H3/b19-12-/t22-,23+,24-,25?,27-,28+,29?/m0/s1. The van der Waals surface area contributed by atoms with E-state index in [1.54, 1.807) is 7.11 Å². The van der Waals surface area contributed by atoms with Gasteiger partial charge < -0.3 is 9.84 Å². The molecule has 2 unspecified atom stereocenters. The van der Waals surface area contributed by atoms with E-state index < -0.39 is 11.2 Å². The van der Waals surface area contributed by atoms with Gasteiger partial charge in [0.05, 0.1) is 11.2 Å². The van der Waals surface area contributed by atoms with Crippen molar-refractivity contribution in [3.05, 3.63) is 35.5 Å². The van der Waals surface area contributed by atoms with Crippen LogP contribution in [-0.4, -0.2) is 29.2 Å². The minimum atomic E-state index is -0.901. The lowest BCUT2D eigenvalue weighted by Crippen LogP contribution is -2.49. The van der Waals surface area contributed by atoms with E-state index in [1.165, 1.54) is 36.8 Å². The van der Waals surface area contributed by atoms with Crippen molar-refractivity contribution < 1.29 is 14.6 Å². The molecule has 4 rings (SSSR count). The Labute approximate surface area is 195 Å². The molecule has 0 aliphatic heterocycles. The van der Waals surface area contributed by atoms with Crippen molar-refractivity contribution in [2.45, 2.75) is 97.7 Å². The van der Waals surface area contributed by atoms with Crippen LogP contribution in [0.4, 0.5) is 0 Å². The largest absolute Gasteiger partial charge is 0.387 e. The molecule has 0 aromatic carbocycles. The van der Waals surface area contributed by atoms with Crippen LogP contribution in [0.2, 0.25) is 0 Å². The van der Waals surface area contributed by atoms with Gasteiger partial charge in [0.1, 0.15) is 0 Å². The number of rotatable bonds is 5. The molecule has 0 amide bonds. The molecule has 2 fully saturated rings. The quantitative estimate of drug-likeness (QED) is 0.502. The van der Waals surface area contributed by atoms with Gasteiger partial charge in [-0.1, -0.05) is 37.6 Å². The number of hydrogen-bond acceptors (Lipinski definition) is 3. The van der Waals surface area contributed by atoms with Crippen LogP contribution in [0.15, 0.2) is 35.5 Å². The van der Waals surface area contributed by atoms with Crippen molar-refractivity contribution in [3.8, 4) is 0 Å². The Morgan fingerprint density at radius 1 is 1.19 bits per heavy atom. The number of carbonyl (C=O) groups is 1. The van der Waals surface area contributed by atoms with Crippen molar-refractivity contribution in [2.75, 3.05) is 7.11 Å². The Morgan fingerprint density at radius 3 is 2.59 bits per heavy atom. The minimum Gasteiger partial charge on any atom is -0.387 e. The van der Waals surface area contributed by atoms with Crippen molar-refractivity contribution >= 4 is 5.78 Å². The van der Waals surface area contributed by atoms with Gasteiger partial charge in [-0.25, -0.2) is 0 Å². The van der Waals surface area contributed by atoms with E-state index in [2.05, 4.69) is 39.0 Å². The van der Waals surface area contributed by atoms with Gasteiger partial charge in [-0.05, 0) is 112 Å². The Morgan fingerprint density at radius 2 is 1.91 bits per heavy atom. The van der Waals surface area contributed by atoms with Gasteiger partial charge in [0.2, 0.25) is 0 Å². The highest BCUT2D eigenvalue weighted by molar-refractivity contribution is 5.92. The molecular formula is C29H44O3. The lowest BCUT2D eigenvalue weighted by molar-refractivity contribution is -0.138. The van der Waals surface area contributed by atoms with Gasteiger partial charge in [0.15, 0.2) is 5.78 Å². The highest BCUT2D eigenvalue weighted by atomic mass is 16.5. The molecule has 0 radical (unpaired) electrons. The fourth-order valence-electron chi connectivity index (χ4n) is 7.71. The molecule has 2 saturated carbocycles. The summed E-state index contributed by atoms with van der Waals surface area (Å²) in [5.74, 6) is 2.88. The number of ketones is 1. The molecule has 0 saturated heterocycles. The van der Waals surface area contributed by atoms with E-state index in [4.69, 9.17) is 4.74 Å². The zero-order chi connectivity index (χ0) is 23.5. The van der Waals surface area contributed by atoms with Crippen molar-refractivity contribution in [3.63, 3.8) is 0 Å². The van der Waals surface area contributed by atoms with Crippen LogP contribution in [0.25, 0.3) is 0 Å². The summed E-state index contributed by atoms with van der Waals surface area (Å²) in [6.45, 7) is 13.0. The van der Waals surface area contributed by atoms with Gasteiger partial charge in [-0.2, -0.15) is 0 Å². The molecule has 178 valence electrons. The predicted octanol–water partition coefficient (Wildman–Crippen LogP) is 6.42. The smallest absolute Gasteiger partial charge is 0.156 e. The molecule has 7 atom stereocenters. The lowest BCUT2D eigenvalue weighted by atomic mass is 9.48. The summed E-state index contributed by atoms with van der Waals surface area (Å²) in [7, 11) is 1.67. The number of fused-ring (bicyclic) bond motifs is 5. The summed E-state index contributed by atoms with van der Waals surface area (Å²) in [4.78, 5) is 12.0. The first-order chi connectivity index (χ1) is 14.9. The Hall–Kier alpha value is -1.19. The minimum absolute atomic E-state index is 0.169. The normalized spacial score (nSPS) is 41.4. The van der Waals surface area contributed by atoms with Gasteiger partial charge in [-0.15, -0.1) is 0 Å². The topological polar surface area (TPSA) is 46.5 Å². The molecule has 0 spiro atoms. The monoisotopic (exact) mass is 440 g/mol. The number of methoxy groups -OCH3 is 1. The molecule has 0 heterocycles. The average molecular weight is 441 g/mol. The maximum absolute atomic E-state index is 12.0. The maximum atomic E-state index is 12.0. The summed E-state index contributed by atoms with van der Waals surface area (Å²) in [6.07, 6.45) is 16.4. The van der Waals surface area contributed by atoms with Gasteiger partial charge in [0.25, 0.3) is 0 Å². The first-order valence-electron chi connectivity index (χ1n) is 12.7. The predicted molar refractivity (Wildman–Crippen MR) is 130 cm³/mol. The third-order valence-electron chi connectivity index (χ3n) is 10.7. The van der Waals surface area contributed by atoms with Crippen LogP contribution < -0.4 is 0 Å². The Bertz CT molecular complexity index is 860. The maximum Gasteiger partial charge on any atom is 0.156 e. The molecule has 3 heteroatoms. The second-order valence-electron chi connectivity index (χ2n) is 12.4. The SMILES string of the molecule is COC(C)(C)C(C)(O)C/C=C(/C)[C@H]1CC[C@H]2[C@@H]3C=CC4=CC(=O)CC[C@]4(C)C3CC[C@]12C. The molecular weight excluding hydrogens is 396 g/mol. The van der Waals surface area contributed by atoms with Crippen molar-refractivity contribution in [1.82, 2.24) is 0 Å². The second kappa shape index (κ2) is 7.94. The zero-order valence-corrected chi connectivity index (χ0v) is 21.3. The summed E-state index contributed by atoms with van der Waals surface area (Å²) in [5, 5.41) is 11.0. The Balaban J connectivity index is 1.56. The highest BCUT2D eigenvalue weighted by Gasteiger charge is 2.58. The van der Waals surface area contributed by atoms with E-state index in [0.717, 1.165) is 6.42 Å². The second-order valence-corrected chi connectivity index (χ2v) is 12.4. The number of hydrogen-bond donors (Lipinski definition) is 1. The van der Waals surface area contributed by atoms with Crippen LogP contribution in [0.1, 0.15) is 86.5 Å². The van der Waals surface area contributed by atoms with Gasteiger partial charge in [-0.3, -0.25) is 4.79 Å². The fourth-order valence-corrected chi connectivity index (χ4v) is 7.71. The van der Waals surface area contributed by atoms with E-state index >= 15 is 0 Å². The summed E-state index contributed by atoms with van der Waals surface area (Å²) >= 11 is 0. The van der Waals surface area contributed by atoms with Crippen LogP contribution in [0.3, 0.4) is 0 Å². The molecule has 0 aromatic heterocycles. The molecule has 0 aromatic rings. The molecule has 4 aliphatic carbocycles. The summed E-state index contributed by atoms with van der Waals surface area (Å²) < 4.78 is 5.57. The number of carbonyl (C=O) groups excluding carboxylic acids is 1. The number of aliphatic hydroxyl groups is 1. The average Bonchev–Trinajstić information content (AvgIpc) is 3.09. The molecule has 4 aliphatic rings. The molecule has 3 nitrogen and oxygen atoms in total. The molecule has 32 heavy (non-hydrogen) atoms. The van der Waals surface area contributed by atoms with Crippen molar-refractivity contribution in [2.24, 2.45) is 34.5 Å². The number of allylic oxidation sites excluding steroid dienone is 5. The van der Waals surface area contributed by atoms with Crippen LogP contribution in [-0.2, 0) is 9.53 Å². The zero-order valence-electron chi connectivity index (χ0n) is 21.3.